The molecule has 4 N–H and O–H groups in total. The average molecular weight is 251 g/mol. The molecule has 6 heteroatoms. The molecule has 1 unspecified atom stereocenters. The third-order valence-electron chi connectivity index (χ3n) is 2.90. The van der Waals surface area contributed by atoms with Gasteiger partial charge in [-0.25, -0.2) is 0 Å². The Bertz CT molecular complexity index is 448. The maximum Gasteiger partial charge on any atom is 0.231 e. The van der Waals surface area contributed by atoms with Gasteiger partial charge in [0.15, 0.2) is 17.3 Å². The smallest absolute Gasteiger partial charge is 0.231 e. The van der Waals surface area contributed by atoms with Crippen molar-refractivity contribution < 1.29 is 14.7 Å². The van der Waals surface area contributed by atoms with Crippen molar-refractivity contribution in [3.05, 3.63) is 23.8 Å². The molecule has 0 bridgehead atoms. The first kappa shape index (κ1) is 12.5. The first-order chi connectivity index (χ1) is 8.76. The van der Waals surface area contributed by atoms with Crippen LogP contribution in [0.3, 0.4) is 0 Å². The first-order valence-electron chi connectivity index (χ1n) is 5.84. The Hall–Kier alpha value is -1.95. The van der Waals surface area contributed by atoms with E-state index in [2.05, 4.69) is 10.5 Å². The van der Waals surface area contributed by atoms with E-state index in [-0.39, 0.29) is 18.7 Å². The normalized spacial score (nSPS) is 15.7. The zero-order valence-electron chi connectivity index (χ0n) is 10.2. The number of hydrogen-bond donors (Lipinski definition) is 3. The first-order valence-corrected chi connectivity index (χ1v) is 5.84. The summed E-state index contributed by atoms with van der Waals surface area (Å²) < 4.78 is 10.7. The zero-order chi connectivity index (χ0) is 13.0. The van der Waals surface area contributed by atoms with Crippen LogP contribution in [0.1, 0.15) is 18.9 Å². The highest BCUT2D eigenvalue weighted by Crippen LogP contribution is 2.35. The zero-order valence-corrected chi connectivity index (χ0v) is 10.2. The molecule has 0 spiro atoms. The number of nitrogens with zero attached hydrogens (tertiary/aromatic N) is 1. The van der Waals surface area contributed by atoms with Crippen molar-refractivity contribution in [3.8, 4) is 11.5 Å². The van der Waals surface area contributed by atoms with Gasteiger partial charge in [-0.2, -0.15) is 0 Å². The number of nitrogens with two attached hydrogens (primary N) is 1. The molecule has 0 radical (unpaired) electrons. The number of nitrogens with one attached hydrogen (secondary N) is 1. The molecule has 1 aromatic rings. The van der Waals surface area contributed by atoms with Gasteiger partial charge in [0.2, 0.25) is 6.79 Å². The summed E-state index contributed by atoms with van der Waals surface area (Å²) in [5.74, 6) is 1.70. The molecule has 1 aromatic carbocycles. The van der Waals surface area contributed by atoms with Gasteiger partial charge in [0.05, 0.1) is 6.04 Å². The number of hydrogen-bond acceptors (Lipinski definition) is 5. The van der Waals surface area contributed by atoms with E-state index in [9.17, 15) is 0 Å². The number of rotatable bonds is 5. The summed E-state index contributed by atoms with van der Waals surface area (Å²) in [6.45, 7) is 2.79. The van der Waals surface area contributed by atoms with Crippen molar-refractivity contribution in [2.24, 2.45) is 10.9 Å². The highest BCUT2D eigenvalue weighted by Gasteiger charge is 2.18. The lowest BCUT2D eigenvalue weighted by Gasteiger charge is -2.15. The molecule has 98 valence electrons. The van der Waals surface area contributed by atoms with Gasteiger partial charge in [0.1, 0.15) is 0 Å². The van der Waals surface area contributed by atoms with Crippen LogP contribution in [0, 0.1) is 0 Å². The van der Waals surface area contributed by atoms with Crippen LogP contribution in [-0.2, 0) is 6.54 Å². The highest BCUT2D eigenvalue weighted by atomic mass is 16.7. The molecule has 1 atom stereocenters. The van der Waals surface area contributed by atoms with Crippen LogP contribution in [-0.4, -0.2) is 23.9 Å². The van der Waals surface area contributed by atoms with Crippen molar-refractivity contribution in [1.82, 2.24) is 5.32 Å². The standard InChI is InChI=1S/C12H17N3O3/c1-2-9(12(13)15-16)14-6-8-4-3-5-10-11(8)18-7-17-10/h3-5,9,14,16H,2,6-7H2,1H3,(H2,13,15). The van der Waals surface area contributed by atoms with Crippen molar-refractivity contribution in [3.63, 3.8) is 0 Å². The third-order valence-corrected chi connectivity index (χ3v) is 2.90. The minimum Gasteiger partial charge on any atom is -0.454 e. The molecular weight excluding hydrogens is 234 g/mol. The fourth-order valence-electron chi connectivity index (χ4n) is 1.89. The van der Waals surface area contributed by atoms with Crippen molar-refractivity contribution in [2.45, 2.75) is 25.9 Å². The molecule has 1 heterocycles. The quantitative estimate of drug-likeness (QED) is 0.315. The lowest BCUT2D eigenvalue weighted by Crippen LogP contribution is -2.40. The highest BCUT2D eigenvalue weighted by molar-refractivity contribution is 5.85. The summed E-state index contributed by atoms with van der Waals surface area (Å²) in [7, 11) is 0. The van der Waals surface area contributed by atoms with Gasteiger partial charge in [0.25, 0.3) is 0 Å². The molecule has 6 nitrogen and oxygen atoms in total. The molecule has 1 aliphatic rings. The maximum absolute atomic E-state index is 8.67. The third kappa shape index (κ3) is 2.48. The average Bonchev–Trinajstić information content (AvgIpc) is 2.88. The molecule has 0 saturated carbocycles. The number of oxime groups is 1. The number of para-hydroxylation sites is 1. The van der Waals surface area contributed by atoms with E-state index in [1.807, 2.05) is 25.1 Å². The van der Waals surface area contributed by atoms with Crippen molar-refractivity contribution >= 4 is 5.84 Å². The molecule has 1 aliphatic heterocycles. The second-order valence-electron chi connectivity index (χ2n) is 4.02. The molecule has 0 saturated heterocycles. The molecule has 0 aromatic heterocycles. The number of benzene rings is 1. The van der Waals surface area contributed by atoms with Crippen LogP contribution < -0.4 is 20.5 Å². The van der Waals surface area contributed by atoms with E-state index in [0.717, 1.165) is 23.5 Å². The van der Waals surface area contributed by atoms with Gasteiger partial charge in [-0.3, -0.25) is 0 Å². The largest absolute Gasteiger partial charge is 0.454 e. The SMILES string of the molecule is CCC(NCc1cccc2c1OCO2)C(N)=NO. The summed E-state index contributed by atoms with van der Waals surface area (Å²) in [6.07, 6.45) is 0.738. The van der Waals surface area contributed by atoms with Gasteiger partial charge >= 0.3 is 0 Å². The number of ether oxygens (including phenoxy) is 2. The van der Waals surface area contributed by atoms with Crippen LogP contribution in [0.15, 0.2) is 23.4 Å². The molecular formula is C12H17N3O3. The molecule has 0 amide bonds. The number of fused-ring (bicyclic) bond motifs is 1. The lowest BCUT2D eigenvalue weighted by molar-refractivity contribution is 0.173. The van der Waals surface area contributed by atoms with Gasteiger partial charge in [-0.05, 0) is 12.5 Å². The summed E-state index contributed by atoms with van der Waals surface area (Å²) in [5, 5.41) is 14.9. The second kappa shape index (κ2) is 5.59. The van der Waals surface area contributed by atoms with Crippen molar-refractivity contribution in [1.29, 1.82) is 0 Å². The van der Waals surface area contributed by atoms with Crippen LogP contribution in [0.25, 0.3) is 0 Å². The Labute approximate surface area is 105 Å². The lowest BCUT2D eigenvalue weighted by atomic mass is 10.1. The maximum atomic E-state index is 8.67. The van der Waals surface area contributed by atoms with E-state index in [1.54, 1.807) is 0 Å². The summed E-state index contributed by atoms with van der Waals surface area (Å²) in [5.41, 5.74) is 6.58. The van der Waals surface area contributed by atoms with Crippen LogP contribution in [0.4, 0.5) is 0 Å². The Balaban J connectivity index is 2.04. The van der Waals surface area contributed by atoms with Gasteiger partial charge in [-0.15, -0.1) is 0 Å². The number of amidine groups is 1. The van der Waals surface area contributed by atoms with E-state index in [4.69, 9.17) is 20.4 Å². The van der Waals surface area contributed by atoms with E-state index < -0.39 is 0 Å². The predicted octanol–water partition coefficient (Wildman–Crippen LogP) is 1.03. The molecule has 0 fully saturated rings. The minimum atomic E-state index is -0.159. The summed E-state index contributed by atoms with van der Waals surface area (Å²) in [4.78, 5) is 0. The van der Waals surface area contributed by atoms with E-state index in [1.165, 1.54) is 0 Å². The Morgan fingerprint density at radius 1 is 1.56 bits per heavy atom. The Morgan fingerprint density at radius 2 is 2.39 bits per heavy atom. The van der Waals surface area contributed by atoms with E-state index in [0.29, 0.717) is 6.54 Å². The molecule has 2 rings (SSSR count). The summed E-state index contributed by atoms with van der Waals surface area (Å²) in [6, 6.07) is 5.58. The van der Waals surface area contributed by atoms with Gasteiger partial charge in [0, 0.05) is 12.1 Å². The molecule has 18 heavy (non-hydrogen) atoms. The van der Waals surface area contributed by atoms with Crippen molar-refractivity contribution in [2.75, 3.05) is 6.79 Å². The minimum absolute atomic E-state index is 0.159. The Kier molecular flexibility index (Phi) is 3.88. The molecule has 0 aliphatic carbocycles. The Morgan fingerprint density at radius 3 is 3.11 bits per heavy atom. The monoisotopic (exact) mass is 251 g/mol. The van der Waals surface area contributed by atoms with E-state index >= 15 is 0 Å². The fourth-order valence-corrected chi connectivity index (χ4v) is 1.89. The van der Waals surface area contributed by atoms with Crippen LogP contribution in [0.5, 0.6) is 11.5 Å². The van der Waals surface area contributed by atoms with Gasteiger partial charge in [-0.1, -0.05) is 24.2 Å². The predicted molar refractivity (Wildman–Crippen MR) is 66.9 cm³/mol. The fraction of sp³-hybridized carbons (Fsp3) is 0.417. The van der Waals surface area contributed by atoms with Crippen LogP contribution >= 0.6 is 0 Å². The van der Waals surface area contributed by atoms with Crippen LogP contribution in [0.2, 0.25) is 0 Å². The van der Waals surface area contributed by atoms with Gasteiger partial charge < -0.3 is 25.7 Å². The summed E-state index contributed by atoms with van der Waals surface area (Å²) >= 11 is 0. The second-order valence-corrected chi connectivity index (χ2v) is 4.02. The topological polar surface area (TPSA) is 89.1 Å².